The van der Waals surface area contributed by atoms with Crippen LogP contribution in [0.1, 0.15) is 29.3 Å². The minimum atomic E-state index is -1.00. The first-order valence-electron chi connectivity index (χ1n) is 7.79. The van der Waals surface area contributed by atoms with Gasteiger partial charge in [-0.25, -0.2) is 0 Å². The van der Waals surface area contributed by atoms with Crippen molar-refractivity contribution in [1.82, 2.24) is 5.32 Å². The summed E-state index contributed by atoms with van der Waals surface area (Å²) in [5.41, 5.74) is 0.501. The van der Waals surface area contributed by atoms with Gasteiger partial charge < -0.3 is 15.2 Å². The van der Waals surface area contributed by atoms with Crippen LogP contribution in [0.15, 0.2) is 48.5 Å². The van der Waals surface area contributed by atoms with E-state index in [2.05, 4.69) is 5.32 Å². The van der Waals surface area contributed by atoms with Gasteiger partial charge in [0.15, 0.2) is 0 Å². The SMILES string of the molecule is COc1ccc(Cl)cc1C(=O)NCC(C)(O)CCc1ccccc1. The fraction of sp³-hybridized carbons (Fsp3) is 0.316. The zero-order valence-corrected chi connectivity index (χ0v) is 14.6. The molecule has 0 radical (unpaired) electrons. The summed E-state index contributed by atoms with van der Waals surface area (Å²) in [6.07, 6.45) is 1.29. The van der Waals surface area contributed by atoms with E-state index in [-0.39, 0.29) is 12.5 Å². The lowest BCUT2D eigenvalue weighted by Crippen LogP contribution is -2.41. The molecule has 0 fully saturated rings. The molecule has 0 heterocycles. The molecule has 0 saturated carbocycles. The summed E-state index contributed by atoms with van der Waals surface area (Å²) < 4.78 is 5.18. The van der Waals surface area contributed by atoms with Gasteiger partial charge in [0, 0.05) is 11.6 Å². The highest BCUT2D eigenvalue weighted by Gasteiger charge is 2.22. The summed E-state index contributed by atoms with van der Waals surface area (Å²) in [7, 11) is 1.50. The Morgan fingerprint density at radius 2 is 1.96 bits per heavy atom. The topological polar surface area (TPSA) is 58.6 Å². The number of carbonyl (C=O) groups is 1. The number of hydrogen-bond acceptors (Lipinski definition) is 3. The van der Waals surface area contributed by atoms with Gasteiger partial charge >= 0.3 is 0 Å². The summed E-state index contributed by atoms with van der Waals surface area (Å²) >= 11 is 5.94. The molecule has 0 saturated heterocycles. The van der Waals surface area contributed by atoms with Crippen LogP contribution in [0.5, 0.6) is 5.75 Å². The molecule has 0 spiro atoms. The molecule has 24 heavy (non-hydrogen) atoms. The Bertz CT molecular complexity index is 686. The average molecular weight is 348 g/mol. The van der Waals surface area contributed by atoms with Crippen LogP contribution in [-0.4, -0.2) is 30.3 Å². The molecule has 5 heteroatoms. The van der Waals surface area contributed by atoms with Gasteiger partial charge in [-0.1, -0.05) is 41.9 Å². The molecule has 0 bridgehead atoms. The van der Waals surface area contributed by atoms with E-state index < -0.39 is 5.60 Å². The molecule has 0 aromatic heterocycles. The Labute approximate surface area is 147 Å². The molecule has 1 atom stereocenters. The molecule has 2 aromatic rings. The number of rotatable bonds is 7. The zero-order chi connectivity index (χ0) is 17.6. The second kappa shape index (κ2) is 8.18. The Kier molecular flexibility index (Phi) is 6.23. The fourth-order valence-electron chi connectivity index (χ4n) is 2.37. The van der Waals surface area contributed by atoms with E-state index in [0.717, 1.165) is 12.0 Å². The van der Waals surface area contributed by atoms with Gasteiger partial charge in [-0.05, 0) is 43.5 Å². The largest absolute Gasteiger partial charge is 0.496 e. The summed E-state index contributed by atoms with van der Waals surface area (Å²) in [6, 6.07) is 14.8. The van der Waals surface area contributed by atoms with Crippen LogP contribution < -0.4 is 10.1 Å². The van der Waals surface area contributed by atoms with Gasteiger partial charge in [-0.3, -0.25) is 4.79 Å². The van der Waals surface area contributed by atoms with Gasteiger partial charge in [0.25, 0.3) is 5.91 Å². The van der Waals surface area contributed by atoms with E-state index in [1.165, 1.54) is 7.11 Å². The quantitative estimate of drug-likeness (QED) is 0.806. The highest BCUT2D eigenvalue weighted by Crippen LogP contribution is 2.22. The summed E-state index contributed by atoms with van der Waals surface area (Å²) in [4.78, 5) is 12.3. The van der Waals surface area contributed by atoms with Gasteiger partial charge in [-0.2, -0.15) is 0 Å². The van der Waals surface area contributed by atoms with Crippen molar-refractivity contribution in [3.05, 3.63) is 64.7 Å². The molecule has 0 aliphatic heterocycles. The molecule has 0 aliphatic rings. The Morgan fingerprint density at radius 3 is 2.62 bits per heavy atom. The predicted octanol–water partition coefficient (Wildman–Crippen LogP) is 3.46. The van der Waals surface area contributed by atoms with Crippen LogP contribution in [0.25, 0.3) is 0 Å². The lowest BCUT2D eigenvalue weighted by Gasteiger charge is -2.24. The summed E-state index contributed by atoms with van der Waals surface area (Å²) in [5, 5.41) is 13.7. The molecule has 128 valence electrons. The maximum atomic E-state index is 12.3. The number of halogens is 1. The minimum Gasteiger partial charge on any atom is -0.496 e. The van der Waals surface area contributed by atoms with Crippen molar-refractivity contribution in [1.29, 1.82) is 0 Å². The summed E-state index contributed by atoms with van der Waals surface area (Å²) in [6.45, 7) is 1.86. The first-order valence-corrected chi connectivity index (χ1v) is 8.17. The molecular weight excluding hydrogens is 326 g/mol. The number of ether oxygens (including phenoxy) is 1. The fourth-order valence-corrected chi connectivity index (χ4v) is 2.54. The molecule has 2 rings (SSSR count). The number of methoxy groups -OCH3 is 1. The monoisotopic (exact) mass is 347 g/mol. The van der Waals surface area contributed by atoms with Crippen molar-refractivity contribution < 1.29 is 14.6 Å². The van der Waals surface area contributed by atoms with Crippen LogP contribution >= 0.6 is 11.6 Å². The number of carbonyl (C=O) groups excluding carboxylic acids is 1. The van der Waals surface area contributed by atoms with Crippen LogP contribution in [0.4, 0.5) is 0 Å². The molecule has 0 aliphatic carbocycles. The van der Waals surface area contributed by atoms with E-state index in [1.807, 2.05) is 30.3 Å². The Morgan fingerprint density at radius 1 is 1.25 bits per heavy atom. The lowest BCUT2D eigenvalue weighted by atomic mass is 9.96. The first-order chi connectivity index (χ1) is 11.4. The number of aliphatic hydroxyl groups is 1. The standard InChI is InChI=1S/C19H22ClNO3/c1-19(23,11-10-14-6-4-3-5-7-14)13-21-18(22)16-12-15(20)8-9-17(16)24-2/h3-9,12,23H,10-11,13H2,1-2H3,(H,21,22). The van der Waals surface area contributed by atoms with Crippen molar-refractivity contribution in [2.45, 2.75) is 25.4 Å². The predicted molar refractivity (Wildman–Crippen MR) is 95.7 cm³/mol. The van der Waals surface area contributed by atoms with Gasteiger partial charge in [0.05, 0.1) is 18.3 Å². The number of benzene rings is 2. The Hall–Kier alpha value is -2.04. The van der Waals surface area contributed by atoms with Crippen LogP contribution in [-0.2, 0) is 6.42 Å². The lowest BCUT2D eigenvalue weighted by molar-refractivity contribution is 0.0478. The van der Waals surface area contributed by atoms with E-state index in [0.29, 0.717) is 22.8 Å². The van der Waals surface area contributed by atoms with Gasteiger partial charge in [0.1, 0.15) is 5.75 Å². The maximum absolute atomic E-state index is 12.3. The van der Waals surface area contributed by atoms with Crippen LogP contribution in [0.3, 0.4) is 0 Å². The molecule has 2 aromatic carbocycles. The van der Waals surface area contributed by atoms with Crippen LogP contribution in [0, 0.1) is 0 Å². The molecular formula is C19H22ClNO3. The average Bonchev–Trinajstić information content (AvgIpc) is 2.59. The van der Waals surface area contributed by atoms with Crippen molar-refractivity contribution in [2.24, 2.45) is 0 Å². The number of aryl methyl sites for hydroxylation is 1. The van der Waals surface area contributed by atoms with E-state index in [9.17, 15) is 9.90 Å². The molecule has 1 amide bonds. The third-order valence-electron chi connectivity index (χ3n) is 3.83. The summed E-state index contributed by atoms with van der Waals surface area (Å²) in [5.74, 6) is 0.121. The third kappa shape index (κ3) is 5.25. The van der Waals surface area contributed by atoms with Crippen molar-refractivity contribution in [3.63, 3.8) is 0 Å². The van der Waals surface area contributed by atoms with E-state index in [1.54, 1.807) is 25.1 Å². The second-order valence-electron chi connectivity index (χ2n) is 6.01. The molecule has 4 nitrogen and oxygen atoms in total. The number of hydrogen-bond donors (Lipinski definition) is 2. The second-order valence-corrected chi connectivity index (χ2v) is 6.45. The molecule has 2 N–H and O–H groups in total. The van der Waals surface area contributed by atoms with E-state index >= 15 is 0 Å². The third-order valence-corrected chi connectivity index (χ3v) is 4.07. The maximum Gasteiger partial charge on any atom is 0.255 e. The minimum absolute atomic E-state index is 0.147. The van der Waals surface area contributed by atoms with Crippen LogP contribution in [0.2, 0.25) is 5.02 Å². The van der Waals surface area contributed by atoms with Crippen molar-refractivity contribution in [3.8, 4) is 5.75 Å². The van der Waals surface area contributed by atoms with Crippen molar-refractivity contribution in [2.75, 3.05) is 13.7 Å². The highest BCUT2D eigenvalue weighted by molar-refractivity contribution is 6.31. The normalized spacial score (nSPS) is 13.2. The van der Waals surface area contributed by atoms with Gasteiger partial charge in [0.2, 0.25) is 0 Å². The molecule has 1 unspecified atom stereocenters. The van der Waals surface area contributed by atoms with Crippen molar-refractivity contribution >= 4 is 17.5 Å². The smallest absolute Gasteiger partial charge is 0.255 e. The first kappa shape index (κ1) is 18.3. The number of amides is 1. The zero-order valence-electron chi connectivity index (χ0n) is 13.9. The number of nitrogens with one attached hydrogen (secondary N) is 1. The highest BCUT2D eigenvalue weighted by atomic mass is 35.5. The Balaban J connectivity index is 1.93. The van der Waals surface area contributed by atoms with E-state index in [4.69, 9.17) is 16.3 Å². The van der Waals surface area contributed by atoms with Gasteiger partial charge in [-0.15, -0.1) is 0 Å².